The number of ether oxygens (including phenoxy) is 5. The highest BCUT2D eigenvalue weighted by Gasteiger charge is 2.50. The Kier molecular flexibility index (Phi) is 8.22. The van der Waals surface area contributed by atoms with Crippen molar-refractivity contribution in [2.45, 2.75) is 57.2 Å². The largest absolute Gasteiger partial charge is 0.467 e. The third-order valence-corrected chi connectivity index (χ3v) is 4.54. The van der Waals surface area contributed by atoms with Crippen molar-refractivity contribution in [1.82, 2.24) is 0 Å². The minimum Gasteiger partial charge on any atom is -0.467 e. The summed E-state index contributed by atoms with van der Waals surface area (Å²) in [6, 6.07) is 8.70. The SMILES string of the molecule is CCCCO[C@@H]1[C@H](OC(=O)c2ccccc2)C(C)OC(C(=O)OC)[C@H]1OC. The summed E-state index contributed by atoms with van der Waals surface area (Å²) in [6.45, 7) is 4.25. The fraction of sp³-hybridized carbons (Fsp3) is 0.600. The van der Waals surface area contributed by atoms with Crippen LogP contribution in [-0.4, -0.2) is 63.3 Å². The summed E-state index contributed by atoms with van der Waals surface area (Å²) in [5, 5.41) is 0. The maximum atomic E-state index is 12.5. The van der Waals surface area contributed by atoms with Gasteiger partial charge in [0.2, 0.25) is 0 Å². The number of esters is 2. The van der Waals surface area contributed by atoms with Crippen molar-refractivity contribution in [3.63, 3.8) is 0 Å². The molecule has 0 aromatic heterocycles. The molecule has 1 fully saturated rings. The van der Waals surface area contributed by atoms with Crippen molar-refractivity contribution in [2.75, 3.05) is 20.8 Å². The van der Waals surface area contributed by atoms with E-state index < -0.39 is 42.5 Å². The van der Waals surface area contributed by atoms with Crippen LogP contribution in [0.15, 0.2) is 30.3 Å². The Morgan fingerprint density at radius 3 is 2.37 bits per heavy atom. The van der Waals surface area contributed by atoms with Gasteiger partial charge in [0, 0.05) is 13.7 Å². The quantitative estimate of drug-likeness (QED) is 0.506. The monoisotopic (exact) mass is 380 g/mol. The normalized spacial score (nSPS) is 27.8. The van der Waals surface area contributed by atoms with E-state index in [-0.39, 0.29) is 0 Å². The summed E-state index contributed by atoms with van der Waals surface area (Å²) in [5.74, 6) is -1.03. The summed E-state index contributed by atoms with van der Waals surface area (Å²) in [7, 11) is 2.75. The predicted molar refractivity (Wildman–Crippen MR) is 97.4 cm³/mol. The first-order chi connectivity index (χ1) is 13.0. The van der Waals surface area contributed by atoms with E-state index >= 15 is 0 Å². The lowest BCUT2D eigenvalue weighted by Crippen LogP contribution is -2.61. The zero-order valence-corrected chi connectivity index (χ0v) is 16.3. The molecule has 1 aromatic rings. The average Bonchev–Trinajstić information content (AvgIpc) is 2.70. The van der Waals surface area contributed by atoms with Gasteiger partial charge in [-0.15, -0.1) is 0 Å². The second-order valence-corrected chi connectivity index (χ2v) is 6.41. The Morgan fingerprint density at radius 1 is 1.07 bits per heavy atom. The van der Waals surface area contributed by atoms with Crippen molar-refractivity contribution in [3.8, 4) is 0 Å². The van der Waals surface area contributed by atoms with Gasteiger partial charge in [-0.25, -0.2) is 9.59 Å². The Bertz CT molecular complexity index is 604. The minimum absolute atomic E-state index is 0.432. The van der Waals surface area contributed by atoms with Gasteiger partial charge in [0.25, 0.3) is 0 Å². The number of benzene rings is 1. The molecule has 0 saturated carbocycles. The molecule has 5 atom stereocenters. The maximum absolute atomic E-state index is 12.5. The maximum Gasteiger partial charge on any atom is 0.338 e. The summed E-state index contributed by atoms with van der Waals surface area (Å²) in [4.78, 5) is 24.7. The predicted octanol–water partition coefficient (Wildman–Crippen LogP) is 2.37. The van der Waals surface area contributed by atoms with E-state index in [2.05, 4.69) is 0 Å². The number of rotatable bonds is 8. The first-order valence-electron chi connectivity index (χ1n) is 9.17. The summed E-state index contributed by atoms with van der Waals surface area (Å²) < 4.78 is 27.8. The molecule has 1 aliphatic rings. The van der Waals surface area contributed by atoms with Gasteiger partial charge in [-0.3, -0.25) is 0 Å². The van der Waals surface area contributed by atoms with Crippen molar-refractivity contribution >= 4 is 11.9 Å². The summed E-state index contributed by atoms with van der Waals surface area (Å²) in [5.41, 5.74) is 0.432. The van der Waals surface area contributed by atoms with Crippen LogP contribution in [0.5, 0.6) is 0 Å². The summed E-state index contributed by atoms with van der Waals surface area (Å²) >= 11 is 0. The van der Waals surface area contributed by atoms with Gasteiger partial charge in [0.1, 0.15) is 12.2 Å². The molecule has 0 aliphatic carbocycles. The lowest BCUT2D eigenvalue weighted by molar-refractivity contribution is -0.241. The minimum atomic E-state index is -0.951. The van der Waals surface area contributed by atoms with E-state index in [0.717, 1.165) is 12.8 Å². The number of carbonyl (C=O) groups is 2. The van der Waals surface area contributed by atoms with Crippen LogP contribution in [0.2, 0.25) is 0 Å². The van der Waals surface area contributed by atoms with Crippen molar-refractivity contribution in [3.05, 3.63) is 35.9 Å². The van der Waals surface area contributed by atoms with E-state index in [1.54, 1.807) is 31.2 Å². The molecule has 0 amide bonds. The number of carbonyl (C=O) groups excluding carboxylic acids is 2. The zero-order chi connectivity index (χ0) is 19.8. The molecular formula is C20H28O7. The molecule has 1 saturated heterocycles. The third-order valence-electron chi connectivity index (χ3n) is 4.54. The van der Waals surface area contributed by atoms with Gasteiger partial charge in [0.15, 0.2) is 12.2 Å². The first-order valence-corrected chi connectivity index (χ1v) is 9.17. The molecule has 2 rings (SSSR count). The number of methoxy groups -OCH3 is 2. The molecule has 7 heteroatoms. The topological polar surface area (TPSA) is 80.3 Å². The first kappa shape index (κ1) is 21.3. The highest BCUT2D eigenvalue weighted by molar-refractivity contribution is 5.89. The van der Waals surface area contributed by atoms with Gasteiger partial charge < -0.3 is 23.7 Å². The zero-order valence-electron chi connectivity index (χ0n) is 16.3. The molecule has 7 nitrogen and oxygen atoms in total. The average molecular weight is 380 g/mol. The van der Waals surface area contributed by atoms with Crippen molar-refractivity contribution in [2.24, 2.45) is 0 Å². The fourth-order valence-corrected chi connectivity index (χ4v) is 3.06. The lowest BCUT2D eigenvalue weighted by atomic mass is 9.94. The van der Waals surface area contributed by atoms with Crippen LogP contribution in [0.4, 0.5) is 0 Å². The molecule has 0 bridgehead atoms. The molecule has 0 spiro atoms. The Hall–Kier alpha value is -1.96. The molecule has 0 N–H and O–H groups in total. The van der Waals surface area contributed by atoms with E-state index in [0.29, 0.717) is 12.2 Å². The van der Waals surface area contributed by atoms with Gasteiger partial charge >= 0.3 is 11.9 Å². The molecule has 1 aromatic carbocycles. The Morgan fingerprint density at radius 2 is 1.78 bits per heavy atom. The van der Waals surface area contributed by atoms with Crippen LogP contribution in [0.3, 0.4) is 0 Å². The molecule has 2 unspecified atom stereocenters. The van der Waals surface area contributed by atoms with E-state index in [4.69, 9.17) is 23.7 Å². The van der Waals surface area contributed by atoms with Crippen molar-refractivity contribution < 1.29 is 33.3 Å². The highest BCUT2D eigenvalue weighted by atomic mass is 16.6. The van der Waals surface area contributed by atoms with Crippen LogP contribution in [0.1, 0.15) is 37.0 Å². The fourth-order valence-electron chi connectivity index (χ4n) is 3.06. The number of hydrogen-bond donors (Lipinski definition) is 0. The smallest absolute Gasteiger partial charge is 0.338 e. The van der Waals surface area contributed by atoms with E-state index in [1.807, 2.05) is 13.0 Å². The Balaban J connectivity index is 2.23. The van der Waals surface area contributed by atoms with Crippen molar-refractivity contribution in [1.29, 1.82) is 0 Å². The second-order valence-electron chi connectivity index (χ2n) is 6.41. The molecular weight excluding hydrogens is 352 g/mol. The Labute approximate surface area is 159 Å². The van der Waals surface area contributed by atoms with Gasteiger partial charge in [0.05, 0.1) is 18.8 Å². The van der Waals surface area contributed by atoms with Crippen LogP contribution in [0.25, 0.3) is 0 Å². The highest BCUT2D eigenvalue weighted by Crippen LogP contribution is 2.29. The molecule has 1 heterocycles. The number of unbranched alkanes of at least 4 members (excludes halogenated alkanes) is 1. The second kappa shape index (κ2) is 10.4. The molecule has 1 aliphatic heterocycles. The van der Waals surface area contributed by atoms with Crippen LogP contribution in [-0.2, 0) is 28.5 Å². The van der Waals surface area contributed by atoms with E-state index in [9.17, 15) is 9.59 Å². The van der Waals surface area contributed by atoms with Crippen LogP contribution >= 0.6 is 0 Å². The van der Waals surface area contributed by atoms with Gasteiger partial charge in [-0.05, 0) is 25.5 Å². The lowest BCUT2D eigenvalue weighted by Gasteiger charge is -2.43. The third kappa shape index (κ3) is 5.28. The van der Waals surface area contributed by atoms with Crippen LogP contribution in [0, 0.1) is 0 Å². The molecule has 0 radical (unpaired) electrons. The standard InChI is InChI=1S/C20H28O7/c1-5-6-12-25-17-15(27-19(21)14-10-8-7-9-11-14)13(2)26-18(16(17)23-3)20(22)24-4/h7-11,13,15-18H,5-6,12H2,1-4H3/t13?,15-,16+,17-,18?/m1/s1. The van der Waals surface area contributed by atoms with E-state index in [1.165, 1.54) is 14.2 Å². The molecule has 27 heavy (non-hydrogen) atoms. The van der Waals surface area contributed by atoms with Crippen LogP contribution < -0.4 is 0 Å². The van der Waals surface area contributed by atoms with Gasteiger partial charge in [-0.1, -0.05) is 31.5 Å². The number of hydrogen-bond acceptors (Lipinski definition) is 7. The van der Waals surface area contributed by atoms with Gasteiger partial charge in [-0.2, -0.15) is 0 Å². The molecule has 150 valence electrons. The summed E-state index contributed by atoms with van der Waals surface area (Å²) in [6.07, 6.45) is -1.86.